The second-order valence-corrected chi connectivity index (χ2v) is 5.04. The first kappa shape index (κ1) is 11.7. The number of aromatic nitrogens is 2. The van der Waals surface area contributed by atoms with Crippen molar-refractivity contribution in [2.45, 2.75) is 6.92 Å². The Morgan fingerprint density at radius 2 is 2.35 bits per heavy atom. The number of aromatic amines is 1. The van der Waals surface area contributed by atoms with Gasteiger partial charge < -0.3 is 10.4 Å². The number of aryl methyl sites for hydroxylation is 1. The fourth-order valence-electron chi connectivity index (χ4n) is 1.29. The molecule has 2 rings (SSSR count). The van der Waals surface area contributed by atoms with Crippen LogP contribution in [0.5, 0.6) is 0 Å². The molecule has 2 aromatic rings. The van der Waals surface area contributed by atoms with Gasteiger partial charge in [0.2, 0.25) is 5.13 Å². The topological polar surface area (TPSA) is 78.0 Å². The van der Waals surface area contributed by atoms with Crippen LogP contribution in [0.25, 0.3) is 0 Å². The largest absolute Gasteiger partial charge is 0.478 e. The van der Waals surface area contributed by atoms with Crippen LogP contribution in [0.15, 0.2) is 18.2 Å². The molecule has 0 spiro atoms. The number of aromatic carboxylic acids is 1. The Morgan fingerprint density at radius 3 is 2.94 bits per heavy atom. The summed E-state index contributed by atoms with van der Waals surface area (Å²) in [6, 6.07) is 4.88. The van der Waals surface area contributed by atoms with Crippen molar-refractivity contribution in [2.75, 3.05) is 5.32 Å². The summed E-state index contributed by atoms with van der Waals surface area (Å²) in [6.07, 6.45) is 0. The first-order valence-electron chi connectivity index (χ1n) is 4.73. The van der Waals surface area contributed by atoms with Gasteiger partial charge in [-0.15, -0.1) is 5.10 Å². The fraction of sp³-hybridized carbons (Fsp3) is 0.100. The molecule has 0 fully saturated rings. The summed E-state index contributed by atoms with van der Waals surface area (Å²) in [5, 5.41) is 19.2. The van der Waals surface area contributed by atoms with Crippen molar-refractivity contribution in [3.8, 4) is 0 Å². The van der Waals surface area contributed by atoms with E-state index in [9.17, 15) is 4.79 Å². The molecule has 88 valence electrons. The van der Waals surface area contributed by atoms with Crippen LogP contribution in [0.3, 0.4) is 0 Å². The highest BCUT2D eigenvalue weighted by Crippen LogP contribution is 2.23. The summed E-state index contributed by atoms with van der Waals surface area (Å²) in [4.78, 5) is 10.9. The van der Waals surface area contributed by atoms with Crippen molar-refractivity contribution in [3.63, 3.8) is 0 Å². The molecule has 0 unspecified atom stereocenters. The quantitative estimate of drug-likeness (QED) is 0.745. The van der Waals surface area contributed by atoms with E-state index in [1.165, 1.54) is 11.3 Å². The van der Waals surface area contributed by atoms with Gasteiger partial charge in [-0.25, -0.2) is 4.79 Å². The summed E-state index contributed by atoms with van der Waals surface area (Å²) < 4.78 is 0.569. The van der Waals surface area contributed by atoms with Crippen LogP contribution in [0, 0.1) is 10.9 Å². The van der Waals surface area contributed by atoms with E-state index in [0.29, 0.717) is 14.8 Å². The number of hydrogen-bond donors (Lipinski definition) is 3. The molecular formula is C10H9N3O2S2. The molecule has 17 heavy (non-hydrogen) atoms. The maximum absolute atomic E-state index is 10.9. The third-order valence-corrected chi connectivity index (χ3v) is 3.17. The van der Waals surface area contributed by atoms with Crippen LogP contribution >= 0.6 is 23.6 Å². The summed E-state index contributed by atoms with van der Waals surface area (Å²) in [5.74, 6) is -0.956. The number of carbonyl (C=O) groups is 1. The predicted molar refractivity (Wildman–Crippen MR) is 68.7 cm³/mol. The van der Waals surface area contributed by atoms with E-state index in [1.54, 1.807) is 18.2 Å². The normalized spacial score (nSPS) is 10.2. The molecule has 7 heteroatoms. The van der Waals surface area contributed by atoms with Crippen LogP contribution in [0.2, 0.25) is 0 Å². The van der Waals surface area contributed by atoms with E-state index in [-0.39, 0.29) is 5.56 Å². The van der Waals surface area contributed by atoms with Gasteiger partial charge in [-0.2, -0.15) is 0 Å². The third kappa shape index (κ3) is 2.69. The van der Waals surface area contributed by atoms with Gasteiger partial charge in [0, 0.05) is 5.69 Å². The Bertz CT molecular complexity index is 618. The van der Waals surface area contributed by atoms with Gasteiger partial charge in [-0.05, 0) is 36.8 Å². The highest BCUT2D eigenvalue weighted by atomic mass is 32.1. The van der Waals surface area contributed by atoms with Gasteiger partial charge in [0.1, 0.15) is 0 Å². The maximum atomic E-state index is 10.9. The summed E-state index contributed by atoms with van der Waals surface area (Å²) in [6.45, 7) is 1.89. The lowest BCUT2D eigenvalue weighted by Gasteiger charge is -2.07. The molecule has 0 aliphatic carbocycles. The van der Waals surface area contributed by atoms with Crippen LogP contribution in [-0.4, -0.2) is 21.3 Å². The Labute approximate surface area is 106 Å². The van der Waals surface area contributed by atoms with Crippen LogP contribution in [0.1, 0.15) is 15.9 Å². The molecule has 0 bridgehead atoms. The minimum absolute atomic E-state index is 0.234. The van der Waals surface area contributed by atoms with Crippen molar-refractivity contribution in [2.24, 2.45) is 0 Å². The van der Waals surface area contributed by atoms with Gasteiger partial charge in [0.05, 0.1) is 5.56 Å². The summed E-state index contributed by atoms with van der Waals surface area (Å²) in [5.41, 5.74) is 1.89. The number of nitrogens with zero attached hydrogens (tertiary/aromatic N) is 1. The van der Waals surface area contributed by atoms with Gasteiger partial charge in [0.15, 0.2) is 3.95 Å². The minimum atomic E-state index is -0.956. The van der Waals surface area contributed by atoms with Crippen LogP contribution < -0.4 is 5.32 Å². The summed E-state index contributed by atoms with van der Waals surface area (Å²) in [7, 11) is 0. The molecule has 0 radical (unpaired) electrons. The Morgan fingerprint density at radius 1 is 1.59 bits per heavy atom. The minimum Gasteiger partial charge on any atom is -0.478 e. The lowest BCUT2D eigenvalue weighted by Crippen LogP contribution is -1.99. The lowest BCUT2D eigenvalue weighted by molar-refractivity contribution is 0.0697. The molecule has 0 saturated carbocycles. The average molecular weight is 267 g/mol. The number of carboxylic acid groups (broad SMARTS) is 1. The zero-order chi connectivity index (χ0) is 12.4. The molecule has 0 saturated heterocycles. The molecule has 5 nitrogen and oxygen atoms in total. The van der Waals surface area contributed by atoms with Gasteiger partial charge in [0.25, 0.3) is 0 Å². The van der Waals surface area contributed by atoms with Gasteiger partial charge in [-0.3, -0.25) is 5.10 Å². The Kier molecular flexibility index (Phi) is 3.21. The Hall–Kier alpha value is -1.73. The molecule has 1 aromatic carbocycles. The number of benzene rings is 1. The molecule has 1 heterocycles. The molecule has 0 atom stereocenters. The van der Waals surface area contributed by atoms with Crippen LogP contribution in [0.4, 0.5) is 10.8 Å². The standard InChI is InChI=1S/C10H9N3O2S2/c1-5-2-3-6(8(14)15)4-7(5)11-9-12-13-10(16)17-9/h2-4H,1H3,(H,11,12)(H,13,16)(H,14,15). The summed E-state index contributed by atoms with van der Waals surface area (Å²) >= 11 is 6.21. The van der Waals surface area contributed by atoms with Crippen molar-refractivity contribution in [1.82, 2.24) is 10.2 Å². The first-order valence-corrected chi connectivity index (χ1v) is 5.95. The first-order chi connectivity index (χ1) is 8.06. The SMILES string of the molecule is Cc1ccc(C(=O)O)cc1Nc1n[nH]c(=S)s1. The van der Waals surface area contributed by atoms with E-state index in [4.69, 9.17) is 17.3 Å². The number of H-pyrrole nitrogens is 1. The predicted octanol–water partition coefficient (Wildman–Crippen LogP) is 2.95. The van der Waals surface area contributed by atoms with E-state index in [1.807, 2.05) is 6.92 Å². The number of hydrogen-bond acceptors (Lipinski definition) is 5. The van der Waals surface area contributed by atoms with Gasteiger partial charge >= 0.3 is 5.97 Å². The second-order valence-electron chi connectivity index (χ2n) is 3.38. The molecule has 0 aliphatic heterocycles. The van der Waals surface area contributed by atoms with Gasteiger partial charge in [-0.1, -0.05) is 17.4 Å². The van der Waals surface area contributed by atoms with Crippen molar-refractivity contribution >= 4 is 40.3 Å². The maximum Gasteiger partial charge on any atom is 0.335 e. The molecule has 0 amide bonds. The van der Waals surface area contributed by atoms with E-state index < -0.39 is 5.97 Å². The molecular weight excluding hydrogens is 258 g/mol. The van der Waals surface area contributed by atoms with E-state index >= 15 is 0 Å². The highest BCUT2D eigenvalue weighted by molar-refractivity contribution is 7.73. The van der Waals surface area contributed by atoms with E-state index in [2.05, 4.69) is 15.5 Å². The number of carboxylic acids is 1. The smallest absolute Gasteiger partial charge is 0.335 e. The highest BCUT2D eigenvalue weighted by Gasteiger charge is 2.07. The van der Waals surface area contributed by atoms with Crippen molar-refractivity contribution < 1.29 is 9.90 Å². The molecule has 0 aliphatic rings. The average Bonchev–Trinajstić information content (AvgIpc) is 2.67. The second kappa shape index (κ2) is 4.64. The third-order valence-electron chi connectivity index (χ3n) is 2.16. The lowest BCUT2D eigenvalue weighted by atomic mass is 10.1. The molecule has 1 aromatic heterocycles. The fourth-order valence-corrected chi connectivity index (χ4v) is 2.09. The number of rotatable bonds is 3. The molecule has 3 N–H and O–H groups in total. The van der Waals surface area contributed by atoms with Crippen LogP contribution in [-0.2, 0) is 0 Å². The number of anilines is 2. The van der Waals surface area contributed by atoms with Crippen molar-refractivity contribution in [3.05, 3.63) is 33.3 Å². The Balaban J connectivity index is 2.34. The zero-order valence-electron chi connectivity index (χ0n) is 8.85. The monoisotopic (exact) mass is 267 g/mol. The van der Waals surface area contributed by atoms with E-state index in [0.717, 1.165) is 5.56 Å². The number of nitrogens with one attached hydrogen (secondary N) is 2. The zero-order valence-corrected chi connectivity index (χ0v) is 10.5. The van der Waals surface area contributed by atoms with Crippen molar-refractivity contribution in [1.29, 1.82) is 0 Å².